The summed E-state index contributed by atoms with van der Waals surface area (Å²) in [5.74, 6) is 1.16. The maximum atomic E-state index is 13.9. The zero-order chi connectivity index (χ0) is 54.7. The predicted octanol–water partition coefficient (Wildman–Crippen LogP) is 7.81. The van der Waals surface area contributed by atoms with Crippen molar-refractivity contribution in [3.05, 3.63) is 99.6 Å². The van der Waals surface area contributed by atoms with E-state index in [-0.39, 0.29) is 80.0 Å². The quantitative estimate of drug-likeness (QED) is 0.0240. The summed E-state index contributed by atoms with van der Waals surface area (Å²) in [6, 6.07) is 15.9. The Morgan fingerprint density at radius 1 is 0.886 bits per heavy atom. The van der Waals surface area contributed by atoms with E-state index in [1.54, 1.807) is 17.0 Å². The molecule has 79 heavy (non-hydrogen) atoms. The Bertz CT molecular complexity index is 2990. The van der Waals surface area contributed by atoms with Gasteiger partial charge in [0.05, 0.1) is 44.1 Å². The lowest BCUT2D eigenvalue weighted by molar-refractivity contribution is -0.156. The molecule has 0 radical (unpaired) electrons. The van der Waals surface area contributed by atoms with Crippen LogP contribution in [0.1, 0.15) is 141 Å². The van der Waals surface area contributed by atoms with Gasteiger partial charge in [0.2, 0.25) is 5.75 Å². The summed E-state index contributed by atoms with van der Waals surface area (Å²) in [5, 5.41) is 68.5. The molecule has 10 atom stereocenters. The van der Waals surface area contributed by atoms with Gasteiger partial charge in [0, 0.05) is 82.6 Å². The maximum absolute atomic E-state index is 13.9. The highest BCUT2D eigenvalue weighted by atomic mass is 16.5. The second-order valence-electron chi connectivity index (χ2n) is 23.7. The van der Waals surface area contributed by atoms with E-state index < -0.39 is 35.1 Å². The van der Waals surface area contributed by atoms with E-state index in [4.69, 9.17) is 23.7 Å². The van der Waals surface area contributed by atoms with Crippen LogP contribution in [0.3, 0.4) is 0 Å². The Labute approximate surface area is 462 Å². The highest BCUT2D eigenvalue weighted by molar-refractivity contribution is 6.13. The van der Waals surface area contributed by atoms with Gasteiger partial charge in [-0.2, -0.15) is 0 Å². The number of phenolic OH excluding ortho intramolecular Hbond substituents is 1. The molecule has 3 fully saturated rings. The first-order chi connectivity index (χ1) is 38.5. The molecule has 2 bridgehead atoms. The molecule has 8 N–H and O–H groups in total. The summed E-state index contributed by atoms with van der Waals surface area (Å²) >= 11 is 0. The van der Waals surface area contributed by atoms with E-state index in [9.17, 15) is 35.1 Å². The topological polar surface area (TPSA) is 221 Å². The fraction of sp³-hybridized carbons (Fsp3) is 0.556. The van der Waals surface area contributed by atoms with Gasteiger partial charge < -0.3 is 59.9 Å². The number of nitrogens with zero attached hydrogens (tertiary/aromatic N) is 1. The minimum atomic E-state index is -1.08. The summed E-state index contributed by atoms with van der Waals surface area (Å²) in [7, 11) is 3.36. The number of amides is 2. The van der Waals surface area contributed by atoms with Crippen LogP contribution in [-0.4, -0.2) is 115 Å². The van der Waals surface area contributed by atoms with E-state index in [0.717, 1.165) is 80.0 Å². The Morgan fingerprint density at radius 2 is 1.67 bits per heavy atom. The van der Waals surface area contributed by atoms with Gasteiger partial charge in [0.25, 0.3) is 11.8 Å². The van der Waals surface area contributed by atoms with Gasteiger partial charge in [-0.15, -0.1) is 0 Å². The van der Waals surface area contributed by atoms with E-state index in [1.165, 1.54) is 30.4 Å². The standard InChI is InChI=1S/C63H78N4O12/c1-4-65-34-79-50-29-48(76-22-20-64-2)41-14-15-42-55-47(66-61(74)58(50)57(41)55)28-49-56(42)59(72)44(33-78-49)37-25-51(75-3)60(73)52(26-37)77-32-39(31-69)63-30-38(62(18-8-5-9-19-62)67-53(70)16-17-54(67)71)27-43-35(11-10-21-68)23-36(24-46(43)63)40-12-6-7-13-45(40)63/h6-7,12-13,16-17,25-26,28-29,35-36,38-39,43-44,46,59,61,64-66,68-69,72-74H,4-5,8-11,14-15,18-24,27,30-34H2,1-3H3/t35-,36-,38-,39+,43+,44+,46-,59+,61-,63+/m1/s1. The molecule has 5 aliphatic carbocycles. The van der Waals surface area contributed by atoms with Gasteiger partial charge in [0.15, 0.2) is 17.7 Å². The molecule has 12 rings (SSSR count). The van der Waals surface area contributed by atoms with E-state index in [2.05, 4.69) is 40.2 Å². The number of methoxy groups -OCH3 is 1. The predicted molar refractivity (Wildman–Crippen MR) is 297 cm³/mol. The molecule has 8 aliphatic rings. The van der Waals surface area contributed by atoms with Crippen LogP contribution in [0.4, 0.5) is 5.69 Å². The number of hydrogen-bond acceptors (Lipinski definition) is 15. The maximum Gasteiger partial charge on any atom is 0.254 e. The highest BCUT2D eigenvalue weighted by Gasteiger charge is 2.64. The molecule has 3 heterocycles. The average Bonchev–Trinajstić information content (AvgIpc) is 3.90. The molecule has 16 nitrogen and oxygen atoms in total. The van der Waals surface area contributed by atoms with Crippen molar-refractivity contribution >= 4 is 17.5 Å². The number of aliphatic hydroxyl groups excluding tert-OH is 4. The first-order valence-corrected chi connectivity index (χ1v) is 29.2. The Morgan fingerprint density at radius 3 is 2.43 bits per heavy atom. The number of fused-ring (bicyclic) bond motifs is 6. The fourth-order valence-electron chi connectivity index (χ4n) is 16.7. The number of likely N-dealkylation sites (N-methyl/N-ethyl adjacent to an activating group) is 1. The molecule has 3 aliphatic heterocycles. The van der Waals surface area contributed by atoms with Gasteiger partial charge in [0.1, 0.15) is 30.6 Å². The summed E-state index contributed by atoms with van der Waals surface area (Å²) < 4.78 is 32.1. The largest absolute Gasteiger partial charge is 0.502 e. The zero-order valence-electron chi connectivity index (χ0n) is 45.9. The van der Waals surface area contributed by atoms with Crippen LogP contribution >= 0.6 is 0 Å². The second-order valence-corrected chi connectivity index (χ2v) is 23.7. The lowest BCUT2D eigenvalue weighted by Crippen LogP contribution is -2.65. The number of aliphatic hydroxyl groups is 4. The molecular formula is C63H78N4O12. The highest BCUT2D eigenvalue weighted by Crippen LogP contribution is 2.68. The van der Waals surface area contributed by atoms with Crippen LogP contribution in [-0.2, 0) is 27.8 Å². The molecule has 0 saturated heterocycles. The van der Waals surface area contributed by atoms with Crippen LogP contribution in [0.25, 0.3) is 11.1 Å². The molecular weight excluding hydrogens is 1000 g/mol. The van der Waals surface area contributed by atoms with Gasteiger partial charge >= 0.3 is 0 Å². The van der Waals surface area contributed by atoms with Gasteiger partial charge in [-0.1, -0.05) is 50.5 Å². The number of phenols is 1. The minimum absolute atomic E-state index is 0.0351. The van der Waals surface area contributed by atoms with E-state index in [0.29, 0.717) is 96.8 Å². The average molecular weight is 1080 g/mol. The van der Waals surface area contributed by atoms with Crippen LogP contribution in [0.15, 0.2) is 60.7 Å². The number of anilines is 1. The number of imide groups is 1. The van der Waals surface area contributed by atoms with Crippen molar-refractivity contribution in [2.75, 3.05) is 72.3 Å². The number of nitrogens with one attached hydrogen (secondary N) is 3. The molecule has 4 aromatic carbocycles. The molecule has 3 saturated carbocycles. The summed E-state index contributed by atoms with van der Waals surface area (Å²) in [6.45, 7) is 4.03. The molecule has 0 spiro atoms. The van der Waals surface area contributed by atoms with Crippen LogP contribution in [0, 0.1) is 29.6 Å². The van der Waals surface area contributed by atoms with Crippen molar-refractivity contribution in [2.45, 2.75) is 126 Å². The molecule has 16 heteroatoms. The number of carbonyl (C=O) groups is 2. The molecule has 2 amide bonds. The summed E-state index contributed by atoms with van der Waals surface area (Å²) in [4.78, 5) is 29.4. The number of aromatic hydroxyl groups is 1. The normalized spacial score (nSPS) is 28.0. The monoisotopic (exact) mass is 1080 g/mol. The zero-order valence-corrected chi connectivity index (χ0v) is 45.9. The van der Waals surface area contributed by atoms with Gasteiger partial charge in [-0.05, 0) is 142 Å². The third-order valence-electron chi connectivity index (χ3n) is 20.1. The van der Waals surface area contributed by atoms with Crippen molar-refractivity contribution in [3.63, 3.8) is 0 Å². The van der Waals surface area contributed by atoms with Crippen LogP contribution in [0.5, 0.6) is 34.5 Å². The number of rotatable bonds is 20. The summed E-state index contributed by atoms with van der Waals surface area (Å²) in [6.07, 6.45) is 11.2. The number of benzene rings is 4. The van der Waals surface area contributed by atoms with Crippen molar-refractivity contribution < 1.29 is 58.8 Å². The van der Waals surface area contributed by atoms with Crippen molar-refractivity contribution in [1.29, 1.82) is 0 Å². The lowest BCUT2D eigenvalue weighted by atomic mass is 9.40. The lowest BCUT2D eigenvalue weighted by Gasteiger charge is -2.65. The van der Waals surface area contributed by atoms with E-state index >= 15 is 0 Å². The van der Waals surface area contributed by atoms with Gasteiger partial charge in [-0.3, -0.25) is 19.8 Å². The molecule has 422 valence electrons. The van der Waals surface area contributed by atoms with Crippen LogP contribution < -0.4 is 39.6 Å². The summed E-state index contributed by atoms with van der Waals surface area (Å²) in [5.41, 5.74) is 7.31. The first-order valence-electron chi connectivity index (χ1n) is 29.2. The van der Waals surface area contributed by atoms with Crippen LogP contribution in [0.2, 0.25) is 0 Å². The first kappa shape index (κ1) is 53.7. The van der Waals surface area contributed by atoms with Crippen molar-refractivity contribution in [3.8, 4) is 45.6 Å². The van der Waals surface area contributed by atoms with Crippen molar-refractivity contribution in [1.82, 2.24) is 15.5 Å². The molecule has 0 aromatic heterocycles. The van der Waals surface area contributed by atoms with Gasteiger partial charge in [-0.25, -0.2) is 0 Å². The Balaban J connectivity index is 0.907. The number of carbonyl (C=O) groups excluding carboxylic acids is 2. The molecule has 4 aromatic rings. The second kappa shape index (κ2) is 21.9. The molecule has 0 unspecified atom stereocenters. The minimum Gasteiger partial charge on any atom is -0.502 e. The Kier molecular flexibility index (Phi) is 14.9. The Hall–Kier alpha value is -5.88. The fourth-order valence-corrected chi connectivity index (χ4v) is 16.7. The van der Waals surface area contributed by atoms with E-state index in [1.807, 2.05) is 26.1 Å². The van der Waals surface area contributed by atoms with Crippen molar-refractivity contribution in [2.24, 2.45) is 29.6 Å². The smallest absolute Gasteiger partial charge is 0.254 e. The number of ether oxygens (including phenoxy) is 5. The number of hydrogen-bond donors (Lipinski definition) is 8. The third kappa shape index (κ3) is 8.85. The third-order valence-corrected chi connectivity index (χ3v) is 20.1. The SMILES string of the molecule is CCNCOc1cc(OCCNC)c2c3c1[C@@H](O)Nc1cc4c(c(c1-3)CC2)[C@@H](O)[C@H](c1cc(OC)c(O)c(OC[C@H](CO)[C@]23C[C@H](C5(N6C(=O)C=CC6=O)CCCCC5)C[C@H]5[C@H](CCCO)C[C@H](C[C@H]52)c2ccccc23)c1)CO4.